The van der Waals surface area contributed by atoms with Gasteiger partial charge in [0.2, 0.25) is 0 Å². The minimum Gasteiger partial charge on any atom is -0.497 e. The molecule has 5 nitrogen and oxygen atoms in total. The summed E-state index contributed by atoms with van der Waals surface area (Å²) in [5.74, 6) is 0.723. The standard InChI is InChI=1S/C13H14N2O3/c1-14-8-11(12(16)15(2)13(14)17)9-4-6-10(18-3)7-5-9/h4-8H,1-3H3. The van der Waals surface area contributed by atoms with Gasteiger partial charge in [-0.2, -0.15) is 0 Å². The van der Waals surface area contributed by atoms with E-state index in [4.69, 9.17) is 4.74 Å². The lowest BCUT2D eigenvalue weighted by atomic mass is 10.1. The molecular formula is C13H14N2O3. The highest BCUT2D eigenvalue weighted by Crippen LogP contribution is 2.18. The van der Waals surface area contributed by atoms with Crippen molar-refractivity contribution >= 4 is 0 Å². The van der Waals surface area contributed by atoms with E-state index in [1.54, 1.807) is 44.6 Å². The van der Waals surface area contributed by atoms with Crippen LogP contribution in [0, 0.1) is 0 Å². The number of ether oxygens (including phenoxy) is 1. The van der Waals surface area contributed by atoms with Gasteiger partial charge < -0.3 is 9.30 Å². The monoisotopic (exact) mass is 246 g/mol. The quantitative estimate of drug-likeness (QED) is 0.786. The fourth-order valence-electron chi connectivity index (χ4n) is 1.78. The first-order valence-electron chi connectivity index (χ1n) is 5.45. The Hall–Kier alpha value is -2.30. The Kier molecular flexibility index (Phi) is 3.06. The molecule has 1 aromatic carbocycles. The Morgan fingerprint density at radius 2 is 1.67 bits per heavy atom. The van der Waals surface area contributed by atoms with Gasteiger partial charge in [-0.15, -0.1) is 0 Å². The number of aryl methyl sites for hydroxylation is 1. The van der Waals surface area contributed by atoms with E-state index in [0.29, 0.717) is 5.56 Å². The van der Waals surface area contributed by atoms with Crippen molar-refractivity contribution in [2.24, 2.45) is 14.1 Å². The van der Waals surface area contributed by atoms with Gasteiger partial charge in [0, 0.05) is 20.3 Å². The molecule has 0 aliphatic heterocycles. The van der Waals surface area contributed by atoms with Gasteiger partial charge in [0.05, 0.1) is 12.7 Å². The van der Waals surface area contributed by atoms with Crippen LogP contribution in [0.1, 0.15) is 0 Å². The zero-order chi connectivity index (χ0) is 13.3. The number of hydrogen-bond acceptors (Lipinski definition) is 3. The van der Waals surface area contributed by atoms with E-state index in [2.05, 4.69) is 0 Å². The van der Waals surface area contributed by atoms with E-state index in [0.717, 1.165) is 15.9 Å². The summed E-state index contributed by atoms with van der Waals surface area (Å²) in [5, 5.41) is 0. The fourth-order valence-corrected chi connectivity index (χ4v) is 1.78. The highest BCUT2D eigenvalue weighted by Gasteiger charge is 2.08. The second kappa shape index (κ2) is 4.52. The number of benzene rings is 1. The fraction of sp³-hybridized carbons (Fsp3) is 0.231. The summed E-state index contributed by atoms with van der Waals surface area (Å²) in [6, 6.07) is 7.14. The maximum absolute atomic E-state index is 12.0. The van der Waals surface area contributed by atoms with E-state index in [1.807, 2.05) is 0 Å². The molecule has 0 radical (unpaired) electrons. The predicted molar refractivity (Wildman–Crippen MR) is 68.9 cm³/mol. The van der Waals surface area contributed by atoms with Gasteiger partial charge in [-0.05, 0) is 17.7 Å². The summed E-state index contributed by atoms with van der Waals surface area (Å²) in [6.45, 7) is 0. The average Bonchev–Trinajstić information content (AvgIpc) is 2.41. The van der Waals surface area contributed by atoms with E-state index in [-0.39, 0.29) is 11.2 Å². The van der Waals surface area contributed by atoms with Gasteiger partial charge in [0.15, 0.2) is 0 Å². The molecule has 0 aliphatic rings. The van der Waals surface area contributed by atoms with Crippen molar-refractivity contribution in [1.82, 2.24) is 9.13 Å². The Balaban J connectivity index is 2.64. The van der Waals surface area contributed by atoms with E-state index >= 15 is 0 Å². The van der Waals surface area contributed by atoms with Crippen molar-refractivity contribution in [1.29, 1.82) is 0 Å². The Morgan fingerprint density at radius 1 is 1.06 bits per heavy atom. The topological polar surface area (TPSA) is 53.2 Å². The van der Waals surface area contributed by atoms with Gasteiger partial charge in [-0.1, -0.05) is 12.1 Å². The predicted octanol–water partition coefficient (Wildman–Crippen LogP) is 0.760. The molecule has 0 atom stereocenters. The molecule has 0 spiro atoms. The lowest BCUT2D eigenvalue weighted by molar-refractivity contribution is 0.415. The van der Waals surface area contributed by atoms with Gasteiger partial charge in [-0.3, -0.25) is 9.36 Å². The average molecular weight is 246 g/mol. The first-order chi connectivity index (χ1) is 8.54. The number of rotatable bonds is 2. The SMILES string of the molecule is COc1ccc(-c2cn(C)c(=O)n(C)c2=O)cc1. The summed E-state index contributed by atoms with van der Waals surface area (Å²) in [5.41, 5.74) is 0.606. The van der Waals surface area contributed by atoms with Crippen LogP contribution in [-0.2, 0) is 14.1 Å². The highest BCUT2D eigenvalue weighted by molar-refractivity contribution is 5.62. The maximum atomic E-state index is 12.0. The molecular weight excluding hydrogens is 232 g/mol. The second-order valence-electron chi connectivity index (χ2n) is 4.03. The molecule has 2 rings (SSSR count). The molecule has 0 unspecified atom stereocenters. The van der Waals surface area contributed by atoms with Crippen LogP contribution in [0.25, 0.3) is 11.1 Å². The third-order valence-corrected chi connectivity index (χ3v) is 2.85. The van der Waals surface area contributed by atoms with Gasteiger partial charge in [-0.25, -0.2) is 4.79 Å². The van der Waals surface area contributed by atoms with Crippen molar-refractivity contribution in [2.75, 3.05) is 7.11 Å². The second-order valence-corrected chi connectivity index (χ2v) is 4.03. The minimum atomic E-state index is -0.336. The first-order valence-corrected chi connectivity index (χ1v) is 5.45. The molecule has 1 aromatic heterocycles. The smallest absolute Gasteiger partial charge is 0.330 e. The molecule has 1 heterocycles. The van der Waals surface area contributed by atoms with E-state index < -0.39 is 0 Å². The van der Waals surface area contributed by atoms with Crippen LogP contribution in [0.3, 0.4) is 0 Å². The summed E-state index contributed by atoms with van der Waals surface area (Å²) in [7, 11) is 4.67. The number of nitrogens with zero attached hydrogens (tertiary/aromatic N) is 2. The van der Waals surface area contributed by atoms with Gasteiger partial charge in [0.25, 0.3) is 5.56 Å². The van der Waals surface area contributed by atoms with Crippen molar-refractivity contribution in [3.8, 4) is 16.9 Å². The molecule has 0 bridgehead atoms. The van der Waals surface area contributed by atoms with Crippen LogP contribution < -0.4 is 16.0 Å². The highest BCUT2D eigenvalue weighted by atomic mass is 16.5. The minimum absolute atomic E-state index is 0.303. The molecule has 5 heteroatoms. The molecule has 0 saturated heterocycles. The Labute approximate surface area is 104 Å². The molecule has 0 N–H and O–H groups in total. The third-order valence-electron chi connectivity index (χ3n) is 2.85. The van der Waals surface area contributed by atoms with Crippen LogP contribution in [0.4, 0.5) is 0 Å². The molecule has 94 valence electrons. The first kappa shape index (κ1) is 12.2. The maximum Gasteiger partial charge on any atom is 0.330 e. The number of aromatic nitrogens is 2. The summed E-state index contributed by atoms with van der Waals surface area (Å²) in [4.78, 5) is 23.6. The lowest BCUT2D eigenvalue weighted by Crippen LogP contribution is -2.37. The molecule has 2 aromatic rings. The molecule has 0 amide bonds. The van der Waals surface area contributed by atoms with E-state index in [9.17, 15) is 9.59 Å². The van der Waals surface area contributed by atoms with Crippen LogP contribution in [0.15, 0.2) is 40.1 Å². The zero-order valence-corrected chi connectivity index (χ0v) is 10.5. The van der Waals surface area contributed by atoms with E-state index in [1.165, 1.54) is 11.6 Å². The van der Waals surface area contributed by atoms with Crippen molar-refractivity contribution in [3.63, 3.8) is 0 Å². The van der Waals surface area contributed by atoms with Gasteiger partial charge in [0.1, 0.15) is 5.75 Å². The summed E-state index contributed by atoms with van der Waals surface area (Å²) < 4.78 is 7.55. The summed E-state index contributed by atoms with van der Waals surface area (Å²) >= 11 is 0. The largest absolute Gasteiger partial charge is 0.497 e. The molecule has 0 aliphatic carbocycles. The normalized spacial score (nSPS) is 10.4. The molecule has 0 fully saturated rings. The lowest BCUT2D eigenvalue weighted by Gasteiger charge is -2.07. The zero-order valence-electron chi connectivity index (χ0n) is 10.5. The van der Waals surface area contributed by atoms with Crippen LogP contribution in [0.2, 0.25) is 0 Å². The van der Waals surface area contributed by atoms with Crippen molar-refractivity contribution in [2.45, 2.75) is 0 Å². The van der Waals surface area contributed by atoms with Crippen molar-refractivity contribution < 1.29 is 4.74 Å². The number of methoxy groups -OCH3 is 1. The van der Waals surface area contributed by atoms with Crippen LogP contribution in [0.5, 0.6) is 5.75 Å². The molecule has 18 heavy (non-hydrogen) atoms. The number of hydrogen-bond donors (Lipinski definition) is 0. The van der Waals surface area contributed by atoms with Crippen LogP contribution >= 0.6 is 0 Å². The van der Waals surface area contributed by atoms with Crippen LogP contribution in [-0.4, -0.2) is 16.2 Å². The van der Waals surface area contributed by atoms with Crippen molar-refractivity contribution in [3.05, 3.63) is 51.3 Å². The molecule has 0 saturated carbocycles. The van der Waals surface area contributed by atoms with Gasteiger partial charge >= 0.3 is 5.69 Å². The summed E-state index contributed by atoms with van der Waals surface area (Å²) in [6.07, 6.45) is 1.55. The third kappa shape index (κ3) is 1.95. The Morgan fingerprint density at radius 3 is 2.22 bits per heavy atom. The Bertz CT molecular complexity index is 681.